The van der Waals surface area contributed by atoms with Gasteiger partial charge in [0, 0.05) is 5.56 Å². The summed E-state index contributed by atoms with van der Waals surface area (Å²) in [4.78, 5) is 4.57. The second-order valence-electron chi connectivity index (χ2n) is 5.66. The molecule has 0 aliphatic rings. The van der Waals surface area contributed by atoms with Crippen molar-refractivity contribution in [2.45, 2.75) is 32.7 Å². The van der Waals surface area contributed by atoms with E-state index in [0.717, 1.165) is 28.9 Å². The molecule has 0 aliphatic carbocycles. The first kappa shape index (κ1) is 16.5. The molecule has 1 heterocycles. The van der Waals surface area contributed by atoms with E-state index in [0.29, 0.717) is 0 Å². The van der Waals surface area contributed by atoms with Crippen molar-refractivity contribution in [3.05, 3.63) is 48.4 Å². The minimum absolute atomic E-state index is 0.151. The molecule has 4 nitrogen and oxygen atoms in total. The molecule has 0 bridgehead atoms. The number of aromatic nitrogens is 2. The quantitative estimate of drug-likeness (QED) is 0.862. The van der Waals surface area contributed by atoms with Crippen molar-refractivity contribution in [2.24, 2.45) is 0 Å². The smallest absolute Gasteiger partial charge is 0.0965 e. The second kappa shape index (κ2) is 6.90. The van der Waals surface area contributed by atoms with Crippen LogP contribution in [0, 0.1) is 0 Å². The monoisotopic (exact) mass is 300 g/mol. The standard InChI is InChI=1S/C18H24N2O2/c1-4-14(5-2)17-16(15-9-7-6-8-10-15)19-13-20(17)18(3,11-21)12-22/h4,6-10,13,21-22H,5,11-12H2,1-3H3. The van der Waals surface area contributed by atoms with Crippen molar-refractivity contribution in [3.8, 4) is 11.3 Å². The summed E-state index contributed by atoms with van der Waals surface area (Å²) in [5.41, 5.74) is 3.23. The lowest BCUT2D eigenvalue weighted by Gasteiger charge is -2.29. The third-order valence-electron chi connectivity index (χ3n) is 4.11. The van der Waals surface area contributed by atoms with E-state index in [1.807, 2.05) is 48.7 Å². The highest BCUT2D eigenvalue weighted by Crippen LogP contribution is 2.33. The fourth-order valence-electron chi connectivity index (χ4n) is 2.58. The average Bonchev–Trinajstić information content (AvgIpc) is 3.01. The Balaban J connectivity index is 2.70. The Morgan fingerprint density at radius 3 is 2.36 bits per heavy atom. The van der Waals surface area contributed by atoms with Crippen LogP contribution >= 0.6 is 0 Å². The molecule has 0 fully saturated rings. The summed E-state index contributed by atoms with van der Waals surface area (Å²) in [5, 5.41) is 19.5. The molecule has 2 aromatic rings. The number of allylic oxidation sites excluding steroid dienone is 2. The molecule has 0 radical (unpaired) electrons. The lowest BCUT2D eigenvalue weighted by molar-refractivity contribution is 0.0772. The van der Waals surface area contributed by atoms with Gasteiger partial charge in [-0.3, -0.25) is 0 Å². The van der Waals surface area contributed by atoms with E-state index in [-0.39, 0.29) is 13.2 Å². The van der Waals surface area contributed by atoms with Crippen LogP contribution in [0.3, 0.4) is 0 Å². The maximum absolute atomic E-state index is 9.74. The van der Waals surface area contributed by atoms with Crippen molar-refractivity contribution in [1.29, 1.82) is 0 Å². The van der Waals surface area contributed by atoms with E-state index in [2.05, 4.69) is 18.0 Å². The van der Waals surface area contributed by atoms with Crippen LogP contribution in [-0.4, -0.2) is 33.0 Å². The van der Waals surface area contributed by atoms with Gasteiger partial charge in [-0.1, -0.05) is 43.3 Å². The number of benzene rings is 1. The van der Waals surface area contributed by atoms with Gasteiger partial charge in [0.05, 0.1) is 36.5 Å². The summed E-state index contributed by atoms with van der Waals surface area (Å²) in [6.07, 6.45) is 4.63. The molecular formula is C18H24N2O2. The van der Waals surface area contributed by atoms with Crippen LogP contribution in [0.1, 0.15) is 32.9 Å². The second-order valence-corrected chi connectivity index (χ2v) is 5.66. The topological polar surface area (TPSA) is 58.3 Å². The van der Waals surface area contributed by atoms with E-state index in [1.54, 1.807) is 6.33 Å². The van der Waals surface area contributed by atoms with Crippen LogP contribution in [0.4, 0.5) is 0 Å². The zero-order chi connectivity index (χ0) is 16.2. The highest BCUT2D eigenvalue weighted by molar-refractivity contribution is 5.77. The van der Waals surface area contributed by atoms with Gasteiger partial charge in [-0.05, 0) is 25.8 Å². The van der Waals surface area contributed by atoms with Gasteiger partial charge in [0.15, 0.2) is 0 Å². The van der Waals surface area contributed by atoms with E-state index in [9.17, 15) is 10.2 Å². The number of aliphatic hydroxyl groups excluding tert-OH is 2. The normalized spacial score (nSPS) is 12.7. The summed E-state index contributed by atoms with van der Waals surface area (Å²) in [5.74, 6) is 0. The molecule has 4 heteroatoms. The largest absolute Gasteiger partial charge is 0.394 e. The Hall–Kier alpha value is -1.91. The third kappa shape index (κ3) is 2.85. The van der Waals surface area contributed by atoms with Crippen molar-refractivity contribution < 1.29 is 10.2 Å². The molecular weight excluding hydrogens is 276 g/mol. The highest BCUT2D eigenvalue weighted by Gasteiger charge is 2.29. The van der Waals surface area contributed by atoms with Crippen LogP contribution in [0.15, 0.2) is 42.7 Å². The fourth-order valence-corrected chi connectivity index (χ4v) is 2.58. The van der Waals surface area contributed by atoms with Gasteiger partial charge in [-0.15, -0.1) is 0 Å². The molecule has 0 saturated carbocycles. The summed E-state index contributed by atoms with van der Waals surface area (Å²) in [6, 6.07) is 9.98. The molecule has 0 aliphatic heterocycles. The molecule has 2 rings (SSSR count). The maximum Gasteiger partial charge on any atom is 0.0965 e. The number of rotatable bonds is 6. The van der Waals surface area contributed by atoms with Crippen LogP contribution in [0.25, 0.3) is 16.8 Å². The van der Waals surface area contributed by atoms with E-state index in [1.165, 1.54) is 0 Å². The number of aliphatic hydroxyl groups is 2. The van der Waals surface area contributed by atoms with Gasteiger partial charge in [0.2, 0.25) is 0 Å². The lowest BCUT2D eigenvalue weighted by Crippen LogP contribution is -2.38. The predicted octanol–water partition coefficient (Wildman–Crippen LogP) is 3.06. The molecule has 118 valence electrons. The number of hydrogen-bond acceptors (Lipinski definition) is 3. The van der Waals surface area contributed by atoms with E-state index >= 15 is 0 Å². The first-order valence-electron chi connectivity index (χ1n) is 7.61. The third-order valence-corrected chi connectivity index (χ3v) is 4.11. The van der Waals surface area contributed by atoms with Crippen molar-refractivity contribution in [2.75, 3.05) is 13.2 Å². The average molecular weight is 300 g/mol. The molecule has 2 N–H and O–H groups in total. The van der Waals surface area contributed by atoms with Crippen LogP contribution in [0.5, 0.6) is 0 Å². The maximum atomic E-state index is 9.74. The van der Waals surface area contributed by atoms with E-state index in [4.69, 9.17) is 0 Å². The Labute approximate surface area is 131 Å². The van der Waals surface area contributed by atoms with Gasteiger partial charge < -0.3 is 14.8 Å². The Morgan fingerprint density at radius 1 is 1.23 bits per heavy atom. The fraction of sp³-hybridized carbons (Fsp3) is 0.389. The minimum atomic E-state index is -0.779. The highest BCUT2D eigenvalue weighted by atomic mass is 16.3. The molecule has 1 aromatic heterocycles. The number of imidazole rings is 1. The Kier molecular flexibility index (Phi) is 5.16. The Bertz CT molecular complexity index is 640. The summed E-state index contributed by atoms with van der Waals surface area (Å²) in [7, 11) is 0. The van der Waals surface area contributed by atoms with Crippen LogP contribution in [-0.2, 0) is 5.54 Å². The van der Waals surface area contributed by atoms with Crippen LogP contribution in [0.2, 0.25) is 0 Å². The van der Waals surface area contributed by atoms with Gasteiger partial charge in [-0.2, -0.15) is 0 Å². The molecule has 0 atom stereocenters. The van der Waals surface area contributed by atoms with E-state index < -0.39 is 5.54 Å². The number of nitrogens with zero attached hydrogens (tertiary/aromatic N) is 2. The molecule has 0 saturated heterocycles. The summed E-state index contributed by atoms with van der Waals surface area (Å²) in [6.45, 7) is 5.62. The first-order chi connectivity index (χ1) is 10.6. The lowest BCUT2D eigenvalue weighted by atomic mass is 9.99. The molecule has 0 amide bonds. The van der Waals surface area contributed by atoms with Crippen LogP contribution < -0.4 is 0 Å². The van der Waals surface area contributed by atoms with Gasteiger partial charge in [-0.25, -0.2) is 4.98 Å². The first-order valence-corrected chi connectivity index (χ1v) is 7.61. The van der Waals surface area contributed by atoms with Gasteiger partial charge in [0.1, 0.15) is 0 Å². The van der Waals surface area contributed by atoms with Crippen molar-refractivity contribution in [1.82, 2.24) is 9.55 Å². The molecule has 1 aromatic carbocycles. The minimum Gasteiger partial charge on any atom is -0.394 e. The zero-order valence-electron chi connectivity index (χ0n) is 13.5. The SMILES string of the molecule is CC=C(CC)c1c(-c2ccccc2)ncn1C(C)(CO)CO. The van der Waals surface area contributed by atoms with Crippen molar-refractivity contribution in [3.63, 3.8) is 0 Å². The molecule has 22 heavy (non-hydrogen) atoms. The zero-order valence-corrected chi connectivity index (χ0v) is 13.5. The summed E-state index contributed by atoms with van der Waals surface area (Å²) >= 11 is 0. The van der Waals surface area contributed by atoms with Crippen molar-refractivity contribution >= 4 is 5.57 Å². The molecule has 0 spiro atoms. The number of hydrogen-bond donors (Lipinski definition) is 2. The predicted molar refractivity (Wildman–Crippen MR) is 89.4 cm³/mol. The Morgan fingerprint density at radius 2 is 1.86 bits per heavy atom. The molecule has 0 unspecified atom stereocenters. The van der Waals surface area contributed by atoms with Gasteiger partial charge in [0.25, 0.3) is 0 Å². The van der Waals surface area contributed by atoms with Gasteiger partial charge >= 0.3 is 0 Å². The summed E-state index contributed by atoms with van der Waals surface area (Å²) < 4.78 is 1.90.